The summed E-state index contributed by atoms with van der Waals surface area (Å²) in [6.45, 7) is 0. The van der Waals surface area contributed by atoms with Crippen molar-refractivity contribution in [3.8, 4) is 5.82 Å². The number of fused-ring (bicyclic) bond motifs is 1. The first-order valence-electron chi connectivity index (χ1n) is 7.42. The third-order valence-corrected chi connectivity index (χ3v) is 3.60. The minimum absolute atomic E-state index is 0.230. The van der Waals surface area contributed by atoms with Gasteiger partial charge in [0.05, 0.1) is 23.0 Å². The van der Waals surface area contributed by atoms with Crippen LogP contribution >= 0.6 is 0 Å². The molecule has 24 heavy (non-hydrogen) atoms. The summed E-state index contributed by atoms with van der Waals surface area (Å²) >= 11 is 0. The first-order chi connectivity index (χ1) is 11.8. The molecule has 3 heterocycles. The summed E-state index contributed by atoms with van der Waals surface area (Å²) < 4.78 is 1.63. The van der Waals surface area contributed by atoms with Gasteiger partial charge >= 0.3 is 0 Å². The van der Waals surface area contributed by atoms with Gasteiger partial charge in [-0.3, -0.25) is 9.78 Å². The third kappa shape index (κ3) is 2.72. The number of rotatable bonds is 3. The molecule has 0 radical (unpaired) electrons. The molecule has 3 aromatic heterocycles. The number of hydrogen-bond donors (Lipinski definition) is 1. The minimum Gasteiger partial charge on any atom is -0.321 e. The zero-order valence-corrected chi connectivity index (χ0v) is 12.6. The maximum Gasteiger partial charge on any atom is 0.257 e. The van der Waals surface area contributed by atoms with Crippen molar-refractivity contribution in [3.63, 3.8) is 0 Å². The number of aromatic nitrogens is 4. The molecule has 0 aliphatic heterocycles. The van der Waals surface area contributed by atoms with E-state index in [4.69, 9.17) is 0 Å². The van der Waals surface area contributed by atoms with Crippen molar-refractivity contribution in [3.05, 3.63) is 78.9 Å². The zero-order valence-electron chi connectivity index (χ0n) is 12.6. The van der Waals surface area contributed by atoms with E-state index in [1.807, 2.05) is 36.4 Å². The van der Waals surface area contributed by atoms with Crippen LogP contribution in [0.4, 0.5) is 5.69 Å². The molecule has 6 nitrogen and oxygen atoms in total. The lowest BCUT2D eigenvalue weighted by atomic mass is 10.2. The Morgan fingerprint density at radius 3 is 2.71 bits per heavy atom. The van der Waals surface area contributed by atoms with Crippen LogP contribution in [0.2, 0.25) is 0 Å². The second-order valence-electron chi connectivity index (χ2n) is 5.23. The Balaban J connectivity index is 1.54. The summed E-state index contributed by atoms with van der Waals surface area (Å²) in [6.07, 6.45) is 6.64. The fourth-order valence-corrected chi connectivity index (χ4v) is 2.40. The van der Waals surface area contributed by atoms with Gasteiger partial charge in [0.25, 0.3) is 5.91 Å². The van der Waals surface area contributed by atoms with Crippen molar-refractivity contribution in [2.24, 2.45) is 0 Å². The maximum absolute atomic E-state index is 12.3. The summed E-state index contributed by atoms with van der Waals surface area (Å²) in [5, 5.41) is 7.92. The molecule has 0 atom stereocenters. The average Bonchev–Trinajstić information content (AvgIpc) is 3.16. The first kappa shape index (κ1) is 14.1. The summed E-state index contributed by atoms with van der Waals surface area (Å²) in [5.74, 6) is 0.426. The van der Waals surface area contributed by atoms with Gasteiger partial charge in [-0.1, -0.05) is 18.2 Å². The number of anilines is 1. The van der Waals surface area contributed by atoms with Gasteiger partial charge in [0.15, 0.2) is 5.82 Å². The van der Waals surface area contributed by atoms with Gasteiger partial charge in [0, 0.05) is 24.0 Å². The van der Waals surface area contributed by atoms with Crippen molar-refractivity contribution in [1.29, 1.82) is 0 Å². The van der Waals surface area contributed by atoms with Crippen LogP contribution in [0, 0.1) is 0 Å². The molecule has 0 bridgehead atoms. The van der Waals surface area contributed by atoms with E-state index in [-0.39, 0.29) is 5.91 Å². The Morgan fingerprint density at radius 1 is 1.00 bits per heavy atom. The molecular formula is C18H13N5O. The normalized spacial score (nSPS) is 10.7. The van der Waals surface area contributed by atoms with Crippen LogP contribution in [0.15, 0.2) is 73.3 Å². The van der Waals surface area contributed by atoms with Gasteiger partial charge in [-0.15, -0.1) is 0 Å². The van der Waals surface area contributed by atoms with Crippen LogP contribution in [0.25, 0.3) is 16.7 Å². The predicted molar refractivity (Wildman–Crippen MR) is 91.1 cm³/mol. The van der Waals surface area contributed by atoms with Crippen molar-refractivity contribution in [2.45, 2.75) is 0 Å². The quantitative estimate of drug-likeness (QED) is 0.630. The van der Waals surface area contributed by atoms with Crippen molar-refractivity contribution < 1.29 is 4.79 Å². The number of nitrogens with one attached hydrogen (secondary N) is 1. The summed E-state index contributed by atoms with van der Waals surface area (Å²) in [5.41, 5.74) is 2.01. The second kappa shape index (κ2) is 5.92. The molecule has 6 heteroatoms. The molecule has 4 rings (SSSR count). The largest absolute Gasteiger partial charge is 0.321 e. The predicted octanol–water partition coefficient (Wildman–Crippen LogP) is 3.07. The first-order valence-corrected chi connectivity index (χ1v) is 7.42. The molecule has 4 aromatic rings. The van der Waals surface area contributed by atoms with E-state index in [2.05, 4.69) is 20.4 Å². The minimum atomic E-state index is -0.230. The molecule has 1 amide bonds. The van der Waals surface area contributed by atoms with Crippen molar-refractivity contribution in [1.82, 2.24) is 19.7 Å². The molecular weight excluding hydrogens is 302 g/mol. The number of para-hydroxylation sites is 1. The molecule has 0 fully saturated rings. The molecule has 1 N–H and O–H groups in total. The fraction of sp³-hybridized carbons (Fsp3) is 0. The maximum atomic E-state index is 12.3. The SMILES string of the molecule is O=C(Nc1cnc2ccccc2c1)c1ccc(-n2cccn2)nc1. The number of pyridine rings is 2. The van der Waals surface area contributed by atoms with Gasteiger partial charge in [0.2, 0.25) is 0 Å². The van der Waals surface area contributed by atoms with Gasteiger partial charge in [-0.05, 0) is 30.3 Å². The number of benzene rings is 1. The Labute approximate surface area is 137 Å². The highest BCUT2D eigenvalue weighted by Crippen LogP contribution is 2.17. The van der Waals surface area contributed by atoms with Crippen LogP contribution in [-0.4, -0.2) is 25.7 Å². The van der Waals surface area contributed by atoms with E-state index in [1.54, 1.807) is 35.4 Å². The van der Waals surface area contributed by atoms with Crippen molar-refractivity contribution in [2.75, 3.05) is 5.32 Å². The zero-order chi connectivity index (χ0) is 16.4. The van der Waals surface area contributed by atoms with Crippen LogP contribution in [0.1, 0.15) is 10.4 Å². The van der Waals surface area contributed by atoms with Gasteiger partial charge < -0.3 is 5.32 Å². The Hall–Kier alpha value is -3.54. The molecule has 1 aromatic carbocycles. The monoisotopic (exact) mass is 315 g/mol. The molecule has 116 valence electrons. The lowest BCUT2D eigenvalue weighted by Gasteiger charge is -2.07. The highest BCUT2D eigenvalue weighted by atomic mass is 16.1. The Kier molecular flexibility index (Phi) is 3.47. The summed E-state index contributed by atoms with van der Waals surface area (Å²) in [4.78, 5) is 20.9. The average molecular weight is 315 g/mol. The van der Waals surface area contributed by atoms with E-state index >= 15 is 0 Å². The lowest BCUT2D eigenvalue weighted by molar-refractivity contribution is 0.102. The third-order valence-electron chi connectivity index (χ3n) is 3.60. The molecule has 0 saturated carbocycles. The van der Waals surface area contributed by atoms with Gasteiger partial charge in [-0.2, -0.15) is 5.10 Å². The molecule has 0 saturated heterocycles. The number of hydrogen-bond acceptors (Lipinski definition) is 4. The van der Waals surface area contributed by atoms with Crippen LogP contribution < -0.4 is 5.32 Å². The number of amides is 1. The highest BCUT2D eigenvalue weighted by Gasteiger charge is 2.08. The summed E-state index contributed by atoms with van der Waals surface area (Å²) in [7, 11) is 0. The Morgan fingerprint density at radius 2 is 1.92 bits per heavy atom. The van der Waals surface area contributed by atoms with Crippen LogP contribution in [-0.2, 0) is 0 Å². The number of carbonyl (C=O) groups excluding carboxylic acids is 1. The van der Waals surface area contributed by atoms with E-state index < -0.39 is 0 Å². The smallest absolute Gasteiger partial charge is 0.257 e. The van der Waals surface area contributed by atoms with Gasteiger partial charge in [0.1, 0.15) is 0 Å². The lowest BCUT2D eigenvalue weighted by Crippen LogP contribution is -2.13. The van der Waals surface area contributed by atoms with Crippen molar-refractivity contribution >= 4 is 22.5 Å². The molecule has 0 spiro atoms. The van der Waals surface area contributed by atoms with E-state index in [9.17, 15) is 4.79 Å². The van der Waals surface area contributed by atoms with E-state index in [1.165, 1.54) is 6.20 Å². The number of nitrogens with zero attached hydrogens (tertiary/aromatic N) is 4. The standard InChI is InChI=1S/C18H13N5O/c24-18(14-6-7-17(20-11-14)23-9-3-8-21-23)22-15-10-13-4-1-2-5-16(13)19-12-15/h1-12H,(H,22,24). The van der Waals surface area contributed by atoms with Crippen LogP contribution in [0.5, 0.6) is 0 Å². The number of carbonyl (C=O) groups is 1. The molecule has 0 aliphatic carbocycles. The van der Waals surface area contributed by atoms with Crippen LogP contribution in [0.3, 0.4) is 0 Å². The topological polar surface area (TPSA) is 72.7 Å². The second-order valence-corrected chi connectivity index (χ2v) is 5.23. The van der Waals surface area contributed by atoms with E-state index in [0.717, 1.165) is 10.9 Å². The fourth-order valence-electron chi connectivity index (χ4n) is 2.40. The molecule has 0 aliphatic rings. The Bertz CT molecular complexity index is 994. The van der Waals surface area contributed by atoms with Gasteiger partial charge in [-0.25, -0.2) is 9.67 Å². The molecule has 0 unspecified atom stereocenters. The van der Waals surface area contributed by atoms with E-state index in [0.29, 0.717) is 17.1 Å². The summed E-state index contributed by atoms with van der Waals surface area (Å²) in [6, 6.07) is 14.9. The highest BCUT2D eigenvalue weighted by molar-refractivity contribution is 6.04.